The van der Waals surface area contributed by atoms with Gasteiger partial charge in [-0.25, -0.2) is 4.39 Å². The first-order valence-corrected chi connectivity index (χ1v) is 5.51. The molecule has 0 saturated carbocycles. The molecule has 2 rings (SSSR count). The van der Waals surface area contributed by atoms with Gasteiger partial charge in [0.15, 0.2) is 0 Å². The summed E-state index contributed by atoms with van der Waals surface area (Å²) in [6.07, 6.45) is 1.04. The summed E-state index contributed by atoms with van der Waals surface area (Å²) in [4.78, 5) is 0.991. The van der Waals surface area contributed by atoms with Crippen molar-refractivity contribution in [1.82, 2.24) is 0 Å². The summed E-state index contributed by atoms with van der Waals surface area (Å²) in [5.41, 5.74) is 2.40. The lowest BCUT2D eigenvalue weighted by atomic mass is 10.1. The maximum atomic E-state index is 12.8. The van der Waals surface area contributed by atoms with Gasteiger partial charge in [0.25, 0.3) is 0 Å². The van der Waals surface area contributed by atoms with Gasteiger partial charge < -0.3 is 0 Å². The van der Waals surface area contributed by atoms with E-state index >= 15 is 0 Å². The molecule has 0 atom stereocenters. The Hall–Kier alpha value is -1.15. The van der Waals surface area contributed by atoms with E-state index in [-0.39, 0.29) is 5.82 Å². The van der Waals surface area contributed by atoms with Crippen LogP contribution in [0, 0.1) is 5.82 Å². The van der Waals surface area contributed by atoms with Gasteiger partial charge in [-0.3, -0.25) is 0 Å². The third-order valence-corrected chi connectivity index (χ3v) is 3.16. The number of thiophene rings is 1. The summed E-state index contributed by atoms with van der Waals surface area (Å²) in [5.74, 6) is -0.149. The van der Waals surface area contributed by atoms with Crippen LogP contribution in [0.2, 0.25) is 0 Å². The van der Waals surface area contributed by atoms with Crippen LogP contribution in [0.25, 0.3) is 10.4 Å². The lowest BCUT2D eigenvalue weighted by Crippen LogP contribution is -1.78. The molecule has 14 heavy (non-hydrogen) atoms. The molecule has 0 bridgehead atoms. The normalized spacial score (nSPS) is 10.4. The van der Waals surface area contributed by atoms with E-state index in [9.17, 15) is 4.39 Å². The number of aryl methyl sites for hydroxylation is 1. The van der Waals surface area contributed by atoms with Crippen LogP contribution in [-0.2, 0) is 6.42 Å². The maximum absolute atomic E-state index is 12.8. The van der Waals surface area contributed by atoms with E-state index in [0.29, 0.717) is 0 Å². The quantitative estimate of drug-likeness (QED) is 0.693. The fourth-order valence-electron chi connectivity index (χ4n) is 1.37. The predicted octanol–water partition coefficient (Wildman–Crippen LogP) is 4.12. The minimum atomic E-state index is -0.149. The highest BCUT2D eigenvalue weighted by molar-refractivity contribution is 7.13. The van der Waals surface area contributed by atoms with Gasteiger partial charge in [0.05, 0.1) is 0 Å². The summed E-state index contributed by atoms with van der Waals surface area (Å²) >= 11 is 1.44. The van der Waals surface area contributed by atoms with Gasteiger partial charge in [0, 0.05) is 10.3 Å². The molecule has 0 aliphatic carbocycles. The summed E-state index contributed by atoms with van der Waals surface area (Å²) in [6, 6.07) is 9.85. The van der Waals surface area contributed by atoms with Gasteiger partial charge in [-0.2, -0.15) is 0 Å². The zero-order valence-corrected chi connectivity index (χ0v) is 8.77. The Balaban J connectivity index is 2.33. The minimum absolute atomic E-state index is 0.149. The van der Waals surface area contributed by atoms with Crippen LogP contribution in [0.4, 0.5) is 4.39 Å². The number of rotatable bonds is 2. The van der Waals surface area contributed by atoms with E-state index in [1.54, 1.807) is 6.07 Å². The highest BCUT2D eigenvalue weighted by Gasteiger charge is 2.01. The van der Waals surface area contributed by atoms with E-state index < -0.39 is 0 Å². The van der Waals surface area contributed by atoms with Crippen LogP contribution < -0.4 is 0 Å². The predicted molar refractivity (Wildman–Crippen MR) is 59.1 cm³/mol. The lowest BCUT2D eigenvalue weighted by Gasteiger charge is -1.99. The molecule has 0 amide bonds. The molecule has 0 nitrogen and oxygen atoms in total. The summed E-state index contributed by atoms with van der Waals surface area (Å²) in [5, 5.41) is 1.53. The van der Waals surface area contributed by atoms with Crippen molar-refractivity contribution in [2.45, 2.75) is 13.3 Å². The Bertz CT molecular complexity index is 414. The maximum Gasteiger partial charge on any atom is 0.134 e. The highest BCUT2D eigenvalue weighted by atomic mass is 32.1. The Kier molecular flexibility index (Phi) is 2.64. The molecular formula is C12H11FS. The Morgan fingerprint density at radius 2 is 1.93 bits per heavy atom. The van der Waals surface area contributed by atoms with E-state index in [1.165, 1.54) is 22.3 Å². The average molecular weight is 206 g/mol. The van der Waals surface area contributed by atoms with Crippen molar-refractivity contribution >= 4 is 11.3 Å². The van der Waals surface area contributed by atoms with Crippen LogP contribution in [0.5, 0.6) is 0 Å². The standard InChI is InChI=1S/C12H11FS/c1-2-9-3-5-10(6-4-9)12-7-11(13)8-14-12/h3-8H,2H2,1H3. The van der Waals surface area contributed by atoms with Crippen molar-refractivity contribution < 1.29 is 4.39 Å². The monoisotopic (exact) mass is 206 g/mol. The molecule has 1 aromatic heterocycles. The van der Waals surface area contributed by atoms with Crippen LogP contribution in [0.15, 0.2) is 35.7 Å². The smallest absolute Gasteiger partial charge is 0.134 e. The zero-order chi connectivity index (χ0) is 9.97. The number of hydrogen-bond donors (Lipinski definition) is 0. The van der Waals surface area contributed by atoms with Crippen molar-refractivity contribution in [3.8, 4) is 10.4 Å². The van der Waals surface area contributed by atoms with Crippen LogP contribution in [0.3, 0.4) is 0 Å². The Morgan fingerprint density at radius 1 is 1.21 bits per heavy atom. The molecule has 72 valence electrons. The largest absolute Gasteiger partial charge is 0.206 e. The molecule has 2 aromatic rings. The molecule has 1 aromatic carbocycles. The van der Waals surface area contributed by atoms with Crippen LogP contribution >= 0.6 is 11.3 Å². The van der Waals surface area contributed by atoms with Crippen molar-refractivity contribution in [1.29, 1.82) is 0 Å². The van der Waals surface area contributed by atoms with Gasteiger partial charge in [0.1, 0.15) is 5.82 Å². The molecule has 1 heterocycles. The van der Waals surface area contributed by atoms with Gasteiger partial charge in [-0.1, -0.05) is 31.2 Å². The molecule has 0 spiro atoms. The third-order valence-electron chi connectivity index (χ3n) is 2.21. The second-order valence-corrected chi connectivity index (χ2v) is 4.09. The lowest BCUT2D eigenvalue weighted by molar-refractivity contribution is 0.633. The molecule has 0 radical (unpaired) electrons. The topological polar surface area (TPSA) is 0 Å². The van der Waals surface area contributed by atoms with E-state index in [4.69, 9.17) is 0 Å². The summed E-state index contributed by atoms with van der Waals surface area (Å²) in [6.45, 7) is 2.12. The van der Waals surface area contributed by atoms with Crippen molar-refractivity contribution in [3.63, 3.8) is 0 Å². The molecule has 0 N–H and O–H groups in total. The first kappa shape index (κ1) is 9.41. The molecular weight excluding hydrogens is 195 g/mol. The first-order valence-electron chi connectivity index (χ1n) is 4.63. The Morgan fingerprint density at radius 3 is 2.43 bits per heavy atom. The SMILES string of the molecule is CCc1ccc(-c2cc(F)cs2)cc1. The number of hydrogen-bond acceptors (Lipinski definition) is 1. The first-order chi connectivity index (χ1) is 6.79. The van der Waals surface area contributed by atoms with Crippen molar-refractivity contribution in [2.75, 3.05) is 0 Å². The van der Waals surface area contributed by atoms with Crippen LogP contribution in [-0.4, -0.2) is 0 Å². The molecule has 0 aliphatic rings. The Labute approximate surface area is 87.0 Å². The highest BCUT2D eigenvalue weighted by Crippen LogP contribution is 2.26. The third kappa shape index (κ3) is 1.85. The van der Waals surface area contributed by atoms with Crippen molar-refractivity contribution in [2.24, 2.45) is 0 Å². The summed E-state index contributed by atoms with van der Waals surface area (Å²) in [7, 11) is 0. The molecule has 0 fully saturated rings. The average Bonchev–Trinajstić information content (AvgIpc) is 2.65. The fourth-order valence-corrected chi connectivity index (χ4v) is 2.13. The minimum Gasteiger partial charge on any atom is -0.206 e. The fraction of sp³-hybridized carbons (Fsp3) is 0.167. The van der Waals surface area contributed by atoms with Gasteiger partial charge >= 0.3 is 0 Å². The van der Waals surface area contributed by atoms with Gasteiger partial charge in [-0.15, -0.1) is 11.3 Å². The molecule has 0 aliphatic heterocycles. The van der Waals surface area contributed by atoms with E-state index in [1.807, 2.05) is 12.1 Å². The van der Waals surface area contributed by atoms with Gasteiger partial charge in [0.2, 0.25) is 0 Å². The van der Waals surface area contributed by atoms with Crippen LogP contribution in [0.1, 0.15) is 12.5 Å². The molecule has 0 saturated heterocycles. The summed E-state index contributed by atoms with van der Waals surface area (Å²) < 4.78 is 12.8. The van der Waals surface area contributed by atoms with Gasteiger partial charge in [-0.05, 0) is 23.6 Å². The van der Waals surface area contributed by atoms with Crippen molar-refractivity contribution in [3.05, 3.63) is 47.1 Å². The van der Waals surface area contributed by atoms with E-state index in [2.05, 4.69) is 19.1 Å². The van der Waals surface area contributed by atoms with E-state index in [0.717, 1.165) is 16.9 Å². The molecule has 0 unspecified atom stereocenters. The zero-order valence-electron chi connectivity index (χ0n) is 7.96. The molecule has 2 heteroatoms. The number of benzene rings is 1. The second kappa shape index (κ2) is 3.93. The second-order valence-electron chi connectivity index (χ2n) is 3.18. The number of halogens is 1.